The van der Waals surface area contributed by atoms with Gasteiger partial charge in [-0.25, -0.2) is 4.39 Å². The third-order valence-electron chi connectivity index (χ3n) is 12.8. The van der Waals surface area contributed by atoms with Gasteiger partial charge in [0.15, 0.2) is 6.29 Å². The van der Waals surface area contributed by atoms with Gasteiger partial charge in [-0.15, -0.1) is 0 Å². The number of carbonyl (C=O) groups excluding carboxylic acids is 1. The zero-order valence-corrected chi connectivity index (χ0v) is 33.9. The highest BCUT2D eigenvalue weighted by molar-refractivity contribution is 7.87. The smallest absolute Gasteiger partial charge is 0.311 e. The molecule has 3 aliphatic rings. The fourth-order valence-electron chi connectivity index (χ4n) is 8.78. The van der Waals surface area contributed by atoms with Crippen molar-refractivity contribution in [3.8, 4) is 5.75 Å². The number of amides is 1. The van der Waals surface area contributed by atoms with Gasteiger partial charge in [-0.2, -0.15) is 8.42 Å². The normalized spacial score (nSPS) is 33.2. The first-order valence-electron chi connectivity index (χ1n) is 20.0. The van der Waals surface area contributed by atoms with Crippen molar-refractivity contribution in [2.24, 2.45) is 35.5 Å². The molecule has 3 aromatic rings. The van der Waals surface area contributed by atoms with Crippen LogP contribution in [0.5, 0.6) is 5.75 Å². The van der Waals surface area contributed by atoms with Crippen LogP contribution in [0.15, 0.2) is 78.9 Å². The SMILES string of the molecule is CCC1O[C@@H](O[C@H]2C(CC)O[C@@H](CS(=O)(=O)Oc3ccc([C@@H]4[C@@H](CC[C@H](O)c5ccc(F)cc5)C(=O)N4c4ccccc4)cc3)C(C)[C@H]2C)C(C)[C@@H](C)[C@H]1C. The van der Waals surface area contributed by atoms with Gasteiger partial charge < -0.3 is 28.4 Å². The number of hydrogen-bond acceptors (Lipinski definition) is 8. The average molecular weight is 780 g/mol. The van der Waals surface area contributed by atoms with Gasteiger partial charge in [-0.1, -0.05) is 90.9 Å². The molecule has 0 saturated carbocycles. The number of aliphatic hydroxyl groups excluding tert-OH is 1. The minimum Gasteiger partial charge on any atom is -0.388 e. The Balaban J connectivity index is 1.11. The summed E-state index contributed by atoms with van der Waals surface area (Å²) < 4.78 is 65.9. The maximum absolute atomic E-state index is 13.5. The minimum atomic E-state index is -4.05. The Kier molecular flexibility index (Phi) is 13.1. The van der Waals surface area contributed by atoms with Gasteiger partial charge in [-0.05, 0) is 96.9 Å². The predicted octanol–water partition coefficient (Wildman–Crippen LogP) is 8.63. The molecule has 13 atom stereocenters. The average Bonchev–Trinajstić information content (AvgIpc) is 3.17. The van der Waals surface area contributed by atoms with Crippen LogP contribution in [-0.2, 0) is 29.1 Å². The monoisotopic (exact) mass is 779 g/mol. The van der Waals surface area contributed by atoms with Crippen molar-refractivity contribution in [1.82, 2.24) is 0 Å². The largest absolute Gasteiger partial charge is 0.388 e. The number of ether oxygens (including phenoxy) is 3. The van der Waals surface area contributed by atoms with E-state index in [0.29, 0.717) is 36.7 Å². The second-order valence-electron chi connectivity index (χ2n) is 16.1. The van der Waals surface area contributed by atoms with Crippen molar-refractivity contribution < 1.29 is 41.1 Å². The molecule has 3 saturated heterocycles. The fraction of sp³-hybridized carbons (Fsp3) is 0.568. The van der Waals surface area contributed by atoms with Crippen LogP contribution in [0, 0.1) is 41.3 Å². The molecule has 6 rings (SSSR count). The quantitative estimate of drug-likeness (QED) is 0.128. The molecule has 0 aromatic heterocycles. The molecule has 9 nitrogen and oxygen atoms in total. The zero-order chi connectivity index (χ0) is 39.6. The molecule has 1 amide bonds. The molecule has 11 heteroatoms. The highest BCUT2D eigenvalue weighted by Crippen LogP contribution is 2.47. The molecule has 3 aliphatic heterocycles. The summed E-state index contributed by atoms with van der Waals surface area (Å²) in [6.45, 7) is 15.0. The maximum Gasteiger partial charge on any atom is 0.311 e. The van der Waals surface area contributed by atoms with Crippen LogP contribution in [0.25, 0.3) is 0 Å². The van der Waals surface area contributed by atoms with Crippen molar-refractivity contribution in [3.05, 3.63) is 95.8 Å². The Morgan fingerprint density at radius 2 is 1.42 bits per heavy atom. The molecule has 3 fully saturated rings. The second kappa shape index (κ2) is 17.4. The van der Waals surface area contributed by atoms with Crippen LogP contribution in [0.4, 0.5) is 10.1 Å². The standard InChI is InChI=1S/C44H58FNO8S/c1-8-38-27(4)26(3)30(7)44(52-38)53-42-29(6)28(5)40(51-39(42)9-2)25-55(49,50)54-35-21-17-32(18-22-35)41-36(43(48)46(41)34-13-11-10-12-14-34)23-24-37(47)31-15-19-33(45)20-16-31/h10-22,26-30,36-42,44,47H,8-9,23-25H2,1-7H3/t26-,27+,28?,29+,30?,36+,37-,38?,39?,40-,41+,42+,44-/m0/s1. The Labute approximate surface area is 326 Å². The van der Waals surface area contributed by atoms with Gasteiger partial charge in [0.2, 0.25) is 5.91 Å². The summed E-state index contributed by atoms with van der Waals surface area (Å²) in [6, 6.07) is 21.6. The molecule has 3 aromatic carbocycles. The van der Waals surface area contributed by atoms with Crippen LogP contribution >= 0.6 is 0 Å². The second-order valence-corrected chi connectivity index (χ2v) is 17.7. The molecule has 0 spiro atoms. The van der Waals surface area contributed by atoms with E-state index in [2.05, 4.69) is 34.6 Å². The molecule has 0 aliphatic carbocycles. The minimum absolute atomic E-state index is 0.0196. The summed E-state index contributed by atoms with van der Waals surface area (Å²) in [6.07, 6.45) is 0.143. The van der Waals surface area contributed by atoms with E-state index in [9.17, 15) is 22.7 Å². The molecule has 300 valence electrons. The fourth-order valence-corrected chi connectivity index (χ4v) is 10.0. The number of β-lactam (4-membered cyclic amide) rings is 1. The maximum atomic E-state index is 13.5. The van der Waals surface area contributed by atoms with Crippen molar-refractivity contribution in [2.45, 2.75) is 117 Å². The number of hydrogen-bond donors (Lipinski definition) is 1. The molecule has 0 radical (unpaired) electrons. The van der Waals surface area contributed by atoms with Gasteiger partial charge >= 0.3 is 10.1 Å². The third-order valence-corrected chi connectivity index (χ3v) is 14.0. The van der Waals surface area contributed by atoms with Gasteiger partial charge in [0, 0.05) is 11.6 Å². The van der Waals surface area contributed by atoms with Crippen LogP contribution in [-0.4, -0.2) is 55.9 Å². The van der Waals surface area contributed by atoms with E-state index in [1.54, 1.807) is 41.3 Å². The molecule has 3 heterocycles. The van der Waals surface area contributed by atoms with Crippen molar-refractivity contribution >= 4 is 21.7 Å². The first kappa shape index (κ1) is 41.3. The molecule has 4 unspecified atom stereocenters. The van der Waals surface area contributed by atoms with Gasteiger partial charge in [0.1, 0.15) is 17.3 Å². The summed E-state index contributed by atoms with van der Waals surface area (Å²) in [4.78, 5) is 15.3. The third kappa shape index (κ3) is 8.96. The number of benzene rings is 3. The highest BCUT2D eigenvalue weighted by Gasteiger charge is 2.49. The van der Waals surface area contributed by atoms with E-state index in [1.807, 2.05) is 44.2 Å². The zero-order valence-electron chi connectivity index (χ0n) is 33.1. The van der Waals surface area contributed by atoms with Crippen LogP contribution in [0.2, 0.25) is 0 Å². The summed E-state index contributed by atoms with van der Waals surface area (Å²) >= 11 is 0. The number of rotatable bonds is 14. The van der Waals surface area contributed by atoms with E-state index >= 15 is 0 Å². The van der Waals surface area contributed by atoms with E-state index in [1.165, 1.54) is 12.1 Å². The first-order valence-corrected chi connectivity index (χ1v) is 21.6. The summed E-state index contributed by atoms with van der Waals surface area (Å²) in [7, 11) is -4.05. The van der Waals surface area contributed by atoms with E-state index in [4.69, 9.17) is 18.4 Å². The lowest BCUT2D eigenvalue weighted by Crippen LogP contribution is -2.55. The van der Waals surface area contributed by atoms with Gasteiger partial charge in [0.25, 0.3) is 0 Å². The lowest BCUT2D eigenvalue weighted by Gasteiger charge is -2.49. The van der Waals surface area contributed by atoms with Gasteiger partial charge in [-0.3, -0.25) is 4.79 Å². The van der Waals surface area contributed by atoms with Crippen molar-refractivity contribution in [1.29, 1.82) is 0 Å². The number of halogens is 1. The van der Waals surface area contributed by atoms with E-state index in [-0.39, 0.29) is 71.6 Å². The number of aliphatic hydroxyl groups is 1. The molecule has 0 bridgehead atoms. The van der Waals surface area contributed by atoms with Crippen LogP contribution in [0.1, 0.15) is 97.4 Å². The predicted molar refractivity (Wildman–Crippen MR) is 210 cm³/mol. The van der Waals surface area contributed by atoms with E-state index < -0.39 is 28.2 Å². The summed E-state index contributed by atoms with van der Waals surface area (Å²) in [5.41, 5.74) is 2.15. The van der Waals surface area contributed by atoms with Crippen LogP contribution < -0.4 is 9.08 Å². The van der Waals surface area contributed by atoms with E-state index in [0.717, 1.165) is 17.7 Å². The Bertz CT molecular complexity index is 1820. The molecule has 55 heavy (non-hydrogen) atoms. The number of carbonyl (C=O) groups is 1. The molecular formula is C44H58FNO8S. The molecule has 1 N–H and O–H groups in total. The lowest BCUT2D eigenvalue weighted by atomic mass is 9.77. The first-order chi connectivity index (χ1) is 26.2. The Morgan fingerprint density at radius 1 is 0.782 bits per heavy atom. The van der Waals surface area contributed by atoms with Crippen molar-refractivity contribution in [3.63, 3.8) is 0 Å². The summed E-state index contributed by atoms with van der Waals surface area (Å²) in [5.74, 6) is 0.0147. The number of anilines is 1. The number of nitrogens with zero attached hydrogens (tertiary/aromatic N) is 1. The Hall–Kier alpha value is -3.35. The van der Waals surface area contributed by atoms with Gasteiger partial charge in [0.05, 0.1) is 42.5 Å². The van der Waals surface area contributed by atoms with Crippen molar-refractivity contribution in [2.75, 3.05) is 10.7 Å². The molecular weight excluding hydrogens is 722 g/mol. The highest BCUT2D eigenvalue weighted by atomic mass is 32.2. The Morgan fingerprint density at radius 3 is 2.05 bits per heavy atom. The topological polar surface area (TPSA) is 112 Å². The summed E-state index contributed by atoms with van der Waals surface area (Å²) in [5, 5.41) is 10.8. The van der Waals surface area contributed by atoms with Crippen LogP contribution in [0.3, 0.4) is 0 Å². The lowest BCUT2D eigenvalue weighted by molar-refractivity contribution is -0.299. The number of para-hydroxylation sites is 1.